The highest BCUT2D eigenvalue weighted by atomic mass is 31.2. The summed E-state index contributed by atoms with van der Waals surface area (Å²) in [6.45, 7) is 0.295. The first-order valence-electron chi connectivity index (χ1n) is 6.76. The maximum Gasteiger partial charge on any atom is 0.354 e. The molecule has 2 unspecified atom stereocenters. The zero-order valence-corrected chi connectivity index (χ0v) is 12.4. The molecule has 10 nitrogen and oxygen atoms in total. The van der Waals surface area contributed by atoms with E-state index in [-0.39, 0.29) is 17.6 Å². The Kier molecular flexibility index (Phi) is 3.77. The zero-order chi connectivity index (χ0) is 15.9. The summed E-state index contributed by atoms with van der Waals surface area (Å²) < 4.78 is 18.4. The first-order valence-corrected chi connectivity index (χ1v) is 8.44. The van der Waals surface area contributed by atoms with Gasteiger partial charge in [-0.05, 0) is 19.3 Å². The Morgan fingerprint density at radius 3 is 3.00 bits per heavy atom. The van der Waals surface area contributed by atoms with Crippen molar-refractivity contribution in [1.29, 1.82) is 0 Å². The molecule has 0 aromatic carbocycles. The van der Waals surface area contributed by atoms with Crippen LogP contribution < -0.4 is 11.3 Å². The summed E-state index contributed by atoms with van der Waals surface area (Å²) in [5, 5.41) is 0. The smallest absolute Gasteiger partial charge is 0.354 e. The van der Waals surface area contributed by atoms with Crippen molar-refractivity contribution in [1.82, 2.24) is 19.5 Å². The molecule has 3 heterocycles. The lowest BCUT2D eigenvalue weighted by molar-refractivity contribution is -0.0276. The minimum Gasteiger partial charge on any atom is -0.369 e. The fourth-order valence-electron chi connectivity index (χ4n) is 2.58. The van der Waals surface area contributed by atoms with Gasteiger partial charge < -0.3 is 24.8 Å². The Hall–Kier alpha value is -1.74. The van der Waals surface area contributed by atoms with E-state index in [2.05, 4.69) is 15.0 Å². The third-order valence-corrected chi connectivity index (χ3v) is 4.73. The molecule has 0 saturated carbocycles. The van der Waals surface area contributed by atoms with E-state index in [9.17, 15) is 19.1 Å². The Balaban J connectivity index is 1.84. The number of ether oxygens (including phenoxy) is 1. The number of nitrogen functional groups attached to an aromatic ring is 1. The molecule has 120 valence electrons. The normalized spacial score (nSPS) is 23.0. The molecule has 2 atom stereocenters. The van der Waals surface area contributed by atoms with Crippen molar-refractivity contribution in [3.63, 3.8) is 0 Å². The van der Waals surface area contributed by atoms with Crippen LogP contribution >= 0.6 is 7.60 Å². The molecular formula is C11H16N5O5P. The van der Waals surface area contributed by atoms with Crippen LogP contribution in [0.1, 0.15) is 19.3 Å². The molecule has 1 fully saturated rings. The predicted molar refractivity (Wildman–Crippen MR) is 77.1 cm³/mol. The number of nitrogens with two attached hydrogens (primary N) is 1. The second-order valence-corrected chi connectivity index (χ2v) is 7.01. The lowest BCUT2D eigenvalue weighted by Crippen LogP contribution is -2.31. The highest BCUT2D eigenvalue weighted by Gasteiger charge is 2.35. The summed E-state index contributed by atoms with van der Waals surface area (Å²) in [6.07, 6.45) is 2.71. The molecule has 5 N–H and O–H groups in total. The van der Waals surface area contributed by atoms with Crippen LogP contribution in [0.3, 0.4) is 0 Å². The van der Waals surface area contributed by atoms with E-state index in [4.69, 9.17) is 10.5 Å². The summed E-state index contributed by atoms with van der Waals surface area (Å²) in [7, 11) is -4.27. The van der Waals surface area contributed by atoms with Gasteiger partial charge in [0.15, 0.2) is 17.0 Å². The van der Waals surface area contributed by atoms with E-state index >= 15 is 0 Å². The van der Waals surface area contributed by atoms with Gasteiger partial charge in [0.05, 0.1) is 19.0 Å². The summed E-state index contributed by atoms with van der Waals surface area (Å²) in [5.74, 6) is -1.10. The number of nitrogens with zero attached hydrogens (tertiary/aromatic N) is 3. The highest BCUT2D eigenvalue weighted by molar-refractivity contribution is 7.52. The average molecular weight is 329 g/mol. The number of rotatable bonds is 3. The molecule has 3 rings (SSSR count). The summed E-state index contributed by atoms with van der Waals surface area (Å²) in [4.78, 5) is 40.5. The van der Waals surface area contributed by atoms with Crippen LogP contribution in [0.25, 0.3) is 11.2 Å². The quantitative estimate of drug-likeness (QED) is 0.563. The molecule has 0 amide bonds. The van der Waals surface area contributed by atoms with E-state index in [0.717, 1.165) is 0 Å². The topological polar surface area (TPSA) is 156 Å². The molecule has 22 heavy (non-hydrogen) atoms. The molecule has 0 bridgehead atoms. The van der Waals surface area contributed by atoms with Crippen molar-refractivity contribution in [2.45, 2.75) is 37.8 Å². The largest absolute Gasteiger partial charge is 0.369 e. The van der Waals surface area contributed by atoms with E-state index in [1.807, 2.05) is 0 Å². The standard InChI is InChI=1S/C11H16N5O5P/c12-11-14-9-8(10(17)15-11)13-5-16(9)4-6-2-1-3-7(21-6)22(18,19)20/h5-7H,1-4H2,(H2,18,19,20)(H3,12,14,15,17). The van der Waals surface area contributed by atoms with E-state index in [0.29, 0.717) is 31.5 Å². The second-order valence-electron chi connectivity index (χ2n) is 5.25. The maximum atomic E-state index is 11.7. The number of imidazole rings is 1. The van der Waals surface area contributed by atoms with Crippen molar-refractivity contribution in [2.75, 3.05) is 5.73 Å². The Morgan fingerprint density at radius 2 is 2.27 bits per heavy atom. The van der Waals surface area contributed by atoms with Gasteiger partial charge in [-0.1, -0.05) is 0 Å². The fraction of sp³-hybridized carbons (Fsp3) is 0.545. The van der Waals surface area contributed by atoms with Crippen LogP contribution in [-0.2, 0) is 15.8 Å². The van der Waals surface area contributed by atoms with E-state index in [1.165, 1.54) is 6.33 Å². The Bertz CT molecular complexity index is 796. The van der Waals surface area contributed by atoms with Crippen molar-refractivity contribution in [3.8, 4) is 0 Å². The van der Waals surface area contributed by atoms with Gasteiger partial charge in [0, 0.05) is 0 Å². The van der Waals surface area contributed by atoms with Crippen LogP contribution in [0.4, 0.5) is 5.95 Å². The number of anilines is 1. The third kappa shape index (κ3) is 2.91. The molecule has 11 heteroatoms. The number of hydrogen-bond donors (Lipinski definition) is 4. The van der Waals surface area contributed by atoms with Crippen molar-refractivity contribution < 1.29 is 19.1 Å². The van der Waals surface area contributed by atoms with Gasteiger partial charge in [0.25, 0.3) is 5.56 Å². The van der Waals surface area contributed by atoms with E-state index < -0.39 is 19.0 Å². The molecule has 0 radical (unpaired) electrons. The lowest BCUT2D eigenvalue weighted by atomic mass is 10.1. The minimum absolute atomic E-state index is 0.0168. The number of H-pyrrole nitrogens is 1. The van der Waals surface area contributed by atoms with Crippen LogP contribution in [0.5, 0.6) is 0 Å². The van der Waals surface area contributed by atoms with Crippen LogP contribution in [0.15, 0.2) is 11.1 Å². The number of aromatic nitrogens is 4. The van der Waals surface area contributed by atoms with Crippen LogP contribution in [0.2, 0.25) is 0 Å². The number of hydrogen-bond acceptors (Lipinski definition) is 6. The summed E-state index contributed by atoms with van der Waals surface area (Å²) >= 11 is 0. The van der Waals surface area contributed by atoms with Gasteiger partial charge in [-0.2, -0.15) is 4.98 Å². The number of fused-ring (bicyclic) bond motifs is 1. The van der Waals surface area contributed by atoms with Gasteiger partial charge in [-0.3, -0.25) is 14.3 Å². The Morgan fingerprint density at radius 1 is 1.50 bits per heavy atom. The number of nitrogens with one attached hydrogen (secondary N) is 1. The lowest BCUT2D eigenvalue weighted by Gasteiger charge is -2.30. The van der Waals surface area contributed by atoms with Gasteiger partial charge in [0.2, 0.25) is 5.95 Å². The second kappa shape index (κ2) is 5.47. The van der Waals surface area contributed by atoms with Crippen LogP contribution in [0, 0.1) is 0 Å². The summed E-state index contributed by atoms with van der Waals surface area (Å²) in [5.41, 5.74) is 5.58. The Labute approximate surface area is 124 Å². The van der Waals surface area contributed by atoms with Crippen molar-refractivity contribution in [3.05, 3.63) is 16.7 Å². The van der Waals surface area contributed by atoms with Gasteiger partial charge in [-0.25, -0.2) is 4.98 Å². The predicted octanol–water partition coefficient (Wildman–Crippen LogP) is -0.225. The van der Waals surface area contributed by atoms with Gasteiger partial charge in [-0.15, -0.1) is 0 Å². The molecule has 2 aromatic heterocycles. The van der Waals surface area contributed by atoms with Crippen molar-refractivity contribution in [2.24, 2.45) is 0 Å². The highest BCUT2D eigenvalue weighted by Crippen LogP contribution is 2.47. The molecule has 0 spiro atoms. The molecule has 1 aliphatic rings. The zero-order valence-electron chi connectivity index (χ0n) is 11.5. The molecule has 2 aromatic rings. The van der Waals surface area contributed by atoms with Gasteiger partial charge in [0.1, 0.15) is 0 Å². The first kappa shape index (κ1) is 15.2. The van der Waals surface area contributed by atoms with Gasteiger partial charge >= 0.3 is 7.60 Å². The SMILES string of the molecule is Nc1nc2c(ncn2CC2CCCC(P(=O)(O)O)O2)c(=O)[nH]1. The first-order chi connectivity index (χ1) is 10.3. The summed E-state index contributed by atoms with van der Waals surface area (Å²) in [6, 6.07) is 0. The average Bonchev–Trinajstić information content (AvgIpc) is 2.81. The number of aromatic amines is 1. The minimum atomic E-state index is -4.27. The molecular weight excluding hydrogens is 313 g/mol. The van der Waals surface area contributed by atoms with Crippen molar-refractivity contribution >= 4 is 24.7 Å². The molecule has 1 saturated heterocycles. The maximum absolute atomic E-state index is 11.7. The fourth-order valence-corrected chi connectivity index (χ4v) is 3.43. The third-order valence-electron chi connectivity index (χ3n) is 3.60. The molecule has 0 aliphatic carbocycles. The van der Waals surface area contributed by atoms with E-state index in [1.54, 1.807) is 4.57 Å². The van der Waals surface area contributed by atoms with Crippen LogP contribution in [-0.4, -0.2) is 41.3 Å². The monoisotopic (exact) mass is 329 g/mol. The molecule has 1 aliphatic heterocycles.